The average Bonchev–Trinajstić information content (AvgIpc) is 2.98. The molecule has 3 rings (SSSR count). The summed E-state index contributed by atoms with van der Waals surface area (Å²) in [5.41, 5.74) is 0.612. The Kier molecular flexibility index (Phi) is 2.69. The van der Waals surface area contributed by atoms with Crippen molar-refractivity contribution in [3.8, 4) is 11.5 Å². The second-order valence-corrected chi connectivity index (χ2v) is 4.17. The fraction of sp³-hybridized carbons (Fsp3) is 0.100. The average molecular weight is 264 g/mol. The molecule has 0 atom stereocenters. The van der Waals surface area contributed by atoms with Gasteiger partial charge in [-0.15, -0.1) is 0 Å². The van der Waals surface area contributed by atoms with Crippen LogP contribution in [0.3, 0.4) is 0 Å². The van der Waals surface area contributed by atoms with E-state index in [1.165, 1.54) is 6.33 Å². The molecule has 0 bridgehead atoms. The number of amides is 2. The van der Waals surface area contributed by atoms with Gasteiger partial charge in [-0.1, -0.05) is 0 Å². The molecule has 0 saturated heterocycles. The van der Waals surface area contributed by atoms with Crippen molar-refractivity contribution in [2.45, 2.75) is 0 Å². The highest BCUT2D eigenvalue weighted by molar-refractivity contribution is 7.09. The molecule has 0 radical (unpaired) electrons. The van der Waals surface area contributed by atoms with Gasteiger partial charge in [-0.05, 0) is 12.1 Å². The number of ether oxygens (including phenoxy) is 2. The molecule has 8 heteroatoms. The lowest BCUT2D eigenvalue weighted by Crippen LogP contribution is -2.19. The molecule has 1 aliphatic rings. The van der Waals surface area contributed by atoms with Gasteiger partial charge in [0.15, 0.2) is 11.5 Å². The normalized spacial score (nSPS) is 12.2. The van der Waals surface area contributed by atoms with Crippen molar-refractivity contribution in [3.05, 3.63) is 24.5 Å². The largest absolute Gasteiger partial charge is 0.454 e. The summed E-state index contributed by atoms with van der Waals surface area (Å²) in [5.74, 6) is 1.29. The van der Waals surface area contributed by atoms with Gasteiger partial charge in [0.2, 0.25) is 11.9 Å². The van der Waals surface area contributed by atoms with E-state index in [2.05, 4.69) is 20.0 Å². The number of benzene rings is 1. The summed E-state index contributed by atoms with van der Waals surface area (Å²) < 4.78 is 14.2. The van der Waals surface area contributed by atoms with Gasteiger partial charge >= 0.3 is 6.03 Å². The van der Waals surface area contributed by atoms with Crippen molar-refractivity contribution in [1.29, 1.82) is 0 Å². The van der Waals surface area contributed by atoms with Gasteiger partial charge in [0, 0.05) is 23.3 Å². The molecule has 2 aromatic rings. The predicted molar refractivity (Wildman–Crippen MR) is 65.1 cm³/mol. The summed E-state index contributed by atoms with van der Waals surface area (Å²) in [5, 5.41) is 5.66. The van der Waals surface area contributed by atoms with Crippen molar-refractivity contribution in [1.82, 2.24) is 9.36 Å². The number of nitrogens with one attached hydrogen (secondary N) is 2. The quantitative estimate of drug-likeness (QED) is 0.865. The van der Waals surface area contributed by atoms with E-state index in [4.69, 9.17) is 9.47 Å². The summed E-state index contributed by atoms with van der Waals surface area (Å²) in [4.78, 5) is 15.5. The summed E-state index contributed by atoms with van der Waals surface area (Å²) in [6, 6.07) is 4.78. The van der Waals surface area contributed by atoms with E-state index >= 15 is 0 Å². The summed E-state index contributed by atoms with van der Waals surface area (Å²) in [6.07, 6.45) is 1.38. The molecular weight excluding hydrogens is 256 g/mol. The molecule has 1 aromatic heterocycles. The summed E-state index contributed by atoms with van der Waals surface area (Å²) in [7, 11) is 0. The van der Waals surface area contributed by atoms with Crippen LogP contribution in [0.1, 0.15) is 0 Å². The number of nitrogens with zero attached hydrogens (tertiary/aromatic N) is 2. The number of urea groups is 1. The molecule has 0 saturated carbocycles. The molecule has 0 unspecified atom stereocenters. The molecule has 0 aliphatic carbocycles. The SMILES string of the molecule is O=C(Nc1ccc2c(c1)OCO2)Nc1ncns1. The molecule has 1 aliphatic heterocycles. The highest BCUT2D eigenvalue weighted by Gasteiger charge is 2.14. The smallest absolute Gasteiger partial charge is 0.325 e. The lowest BCUT2D eigenvalue weighted by Gasteiger charge is -2.05. The predicted octanol–water partition coefficient (Wildman–Crippen LogP) is 1.91. The van der Waals surface area contributed by atoms with Gasteiger partial charge < -0.3 is 14.8 Å². The van der Waals surface area contributed by atoms with E-state index in [9.17, 15) is 4.79 Å². The first-order chi connectivity index (χ1) is 8.81. The Morgan fingerprint density at radius 1 is 1.28 bits per heavy atom. The van der Waals surface area contributed by atoms with Crippen LogP contribution in [0.5, 0.6) is 11.5 Å². The van der Waals surface area contributed by atoms with E-state index in [0.29, 0.717) is 22.3 Å². The summed E-state index contributed by atoms with van der Waals surface area (Å²) in [6.45, 7) is 0.204. The molecule has 2 N–H and O–H groups in total. The second-order valence-electron chi connectivity index (χ2n) is 3.39. The molecule has 0 fully saturated rings. The van der Waals surface area contributed by atoms with Crippen LogP contribution in [0.4, 0.5) is 15.6 Å². The zero-order chi connectivity index (χ0) is 12.4. The van der Waals surface area contributed by atoms with E-state index in [0.717, 1.165) is 11.5 Å². The van der Waals surface area contributed by atoms with E-state index < -0.39 is 0 Å². The van der Waals surface area contributed by atoms with E-state index in [-0.39, 0.29) is 12.8 Å². The molecule has 2 heterocycles. The van der Waals surface area contributed by atoms with Crippen LogP contribution < -0.4 is 20.1 Å². The van der Waals surface area contributed by atoms with Gasteiger partial charge in [0.1, 0.15) is 6.33 Å². The number of hydrogen-bond donors (Lipinski definition) is 2. The zero-order valence-electron chi connectivity index (χ0n) is 9.04. The fourth-order valence-corrected chi connectivity index (χ4v) is 1.89. The van der Waals surface area contributed by atoms with Crippen LogP contribution in [0.25, 0.3) is 0 Å². The second kappa shape index (κ2) is 4.49. The number of rotatable bonds is 2. The molecule has 1 aromatic carbocycles. The number of anilines is 2. The Balaban J connectivity index is 1.67. The molecule has 18 heavy (non-hydrogen) atoms. The van der Waals surface area contributed by atoms with Crippen LogP contribution in [-0.4, -0.2) is 22.2 Å². The van der Waals surface area contributed by atoms with Crippen LogP contribution in [0.15, 0.2) is 24.5 Å². The first kappa shape index (κ1) is 10.8. The van der Waals surface area contributed by atoms with E-state index in [1.54, 1.807) is 18.2 Å². The molecular formula is C10H8N4O3S. The van der Waals surface area contributed by atoms with Crippen LogP contribution in [-0.2, 0) is 0 Å². The van der Waals surface area contributed by atoms with Gasteiger partial charge in [0.25, 0.3) is 0 Å². The molecule has 7 nitrogen and oxygen atoms in total. The Bertz CT molecular complexity index is 573. The van der Waals surface area contributed by atoms with Crippen LogP contribution in [0.2, 0.25) is 0 Å². The van der Waals surface area contributed by atoms with Crippen molar-refractivity contribution >= 4 is 28.4 Å². The number of aromatic nitrogens is 2. The molecule has 2 amide bonds. The minimum atomic E-state index is -0.384. The van der Waals surface area contributed by atoms with Crippen molar-refractivity contribution in [3.63, 3.8) is 0 Å². The number of hydrogen-bond acceptors (Lipinski definition) is 6. The van der Waals surface area contributed by atoms with Gasteiger partial charge in [-0.25, -0.2) is 9.78 Å². The van der Waals surface area contributed by atoms with Crippen LogP contribution in [0, 0.1) is 0 Å². The maximum atomic E-state index is 11.6. The van der Waals surface area contributed by atoms with Gasteiger partial charge in [-0.2, -0.15) is 4.37 Å². The molecule has 92 valence electrons. The van der Waals surface area contributed by atoms with Gasteiger partial charge in [-0.3, -0.25) is 5.32 Å². The highest BCUT2D eigenvalue weighted by atomic mass is 32.1. The maximum absolute atomic E-state index is 11.6. The van der Waals surface area contributed by atoms with Crippen LogP contribution >= 0.6 is 11.5 Å². The topological polar surface area (TPSA) is 85.4 Å². The Labute approximate surface area is 106 Å². The third-order valence-corrected chi connectivity index (χ3v) is 2.79. The minimum Gasteiger partial charge on any atom is -0.454 e. The van der Waals surface area contributed by atoms with Crippen molar-refractivity contribution in [2.24, 2.45) is 0 Å². The standard InChI is InChI=1S/C10H8N4O3S/c15-9(14-10-11-4-12-18-10)13-6-1-2-7-8(3-6)17-5-16-7/h1-4H,5H2,(H2,11,12,13,14,15). The lowest BCUT2D eigenvalue weighted by molar-refractivity contribution is 0.174. The van der Waals surface area contributed by atoms with Gasteiger partial charge in [0.05, 0.1) is 0 Å². The maximum Gasteiger partial charge on any atom is 0.325 e. The Hall–Kier alpha value is -2.35. The highest BCUT2D eigenvalue weighted by Crippen LogP contribution is 2.34. The third-order valence-electron chi connectivity index (χ3n) is 2.21. The first-order valence-corrected chi connectivity index (χ1v) is 5.83. The number of carbonyl (C=O) groups is 1. The van der Waals surface area contributed by atoms with Crippen molar-refractivity contribution < 1.29 is 14.3 Å². The summed E-state index contributed by atoms with van der Waals surface area (Å²) >= 11 is 1.10. The zero-order valence-corrected chi connectivity index (χ0v) is 9.86. The first-order valence-electron chi connectivity index (χ1n) is 5.05. The third kappa shape index (κ3) is 2.18. The van der Waals surface area contributed by atoms with E-state index in [1.807, 2.05) is 0 Å². The Morgan fingerprint density at radius 2 is 2.17 bits per heavy atom. The lowest BCUT2D eigenvalue weighted by atomic mass is 10.3. The fourth-order valence-electron chi connectivity index (χ4n) is 1.46. The monoisotopic (exact) mass is 264 g/mol. The minimum absolute atomic E-state index is 0.204. The molecule has 0 spiro atoms. The van der Waals surface area contributed by atoms with Crippen molar-refractivity contribution in [2.75, 3.05) is 17.4 Å². The number of fused-ring (bicyclic) bond motifs is 1. The Morgan fingerprint density at radius 3 is 3.00 bits per heavy atom. The number of carbonyl (C=O) groups excluding carboxylic acids is 1.